The first-order chi connectivity index (χ1) is 40.9. The molecule has 0 radical (unpaired) electrons. The van der Waals surface area contributed by atoms with Gasteiger partial charge >= 0.3 is 6.09 Å². The maximum absolute atomic E-state index is 15.2. The molecule has 456 valence electrons. The molecule has 3 heterocycles. The first-order valence-electron chi connectivity index (χ1n) is 29.0. The van der Waals surface area contributed by atoms with Crippen molar-refractivity contribution in [2.24, 2.45) is 5.41 Å². The van der Waals surface area contributed by atoms with Crippen LogP contribution in [0.15, 0.2) is 104 Å². The van der Waals surface area contributed by atoms with Crippen molar-refractivity contribution in [3.8, 4) is 17.3 Å². The van der Waals surface area contributed by atoms with E-state index in [0.29, 0.717) is 54.6 Å². The van der Waals surface area contributed by atoms with Gasteiger partial charge in [0, 0.05) is 76.3 Å². The first-order valence-corrected chi connectivity index (χ1v) is 29.0. The monoisotopic (exact) mass is 1180 g/mol. The highest BCUT2D eigenvalue weighted by Gasteiger charge is 2.44. The molecule has 1 aliphatic carbocycles. The number of ether oxygens (including phenoxy) is 2. The zero-order chi connectivity index (χ0) is 61.9. The van der Waals surface area contributed by atoms with Crippen LogP contribution in [0.4, 0.5) is 19.3 Å². The molecular weight excluding hydrogens is 1100 g/mol. The summed E-state index contributed by atoms with van der Waals surface area (Å²) >= 11 is 0. The minimum Gasteiger partial charge on any atom is -0.493 e. The number of fused-ring (bicyclic) bond motifs is 2. The molecule has 86 heavy (non-hydrogen) atoms. The molecule has 0 fully saturated rings. The second kappa shape index (κ2) is 27.6. The van der Waals surface area contributed by atoms with E-state index in [2.05, 4.69) is 47.5 Å². The quantitative estimate of drug-likeness (QED) is 0.0444. The fraction of sp³-hybridized carbons (Fsp3) is 0.438. The molecule has 0 saturated heterocycles. The molecular formula is C64H78F2N12O8. The van der Waals surface area contributed by atoms with E-state index in [1.165, 1.54) is 29.9 Å². The Labute approximate surface area is 500 Å². The van der Waals surface area contributed by atoms with Crippen LogP contribution in [-0.4, -0.2) is 132 Å². The summed E-state index contributed by atoms with van der Waals surface area (Å²) in [5.74, 6) is -1.26. The lowest BCUT2D eigenvalue weighted by molar-refractivity contribution is -0.146. The van der Waals surface area contributed by atoms with Crippen molar-refractivity contribution in [1.29, 1.82) is 0 Å². The summed E-state index contributed by atoms with van der Waals surface area (Å²) in [6.45, 7) is 13.2. The van der Waals surface area contributed by atoms with Crippen LogP contribution in [0.5, 0.6) is 5.75 Å². The van der Waals surface area contributed by atoms with Gasteiger partial charge in [-0.25, -0.2) is 23.5 Å². The van der Waals surface area contributed by atoms with E-state index in [4.69, 9.17) is 9.47 Å². The maximum Gasteiger partial charge on any atom is 0.410 e. The van der Waals surface area contributed by atoms with Crippen molar-refractivity contribution in [2.75, 3.05) is 39.1 Å². The summed E-state index contributed by atoms with van der Waals surface area (Å²) in [7, 11) is 3.21. The first kappa shape index (κ1) is 63.4. The second-order valence-corrected chi connectivity index (χ2v) is 24.2. The van der Waals surface area contributed by atoms with Crippen molar-refractivity contribution in [3.63, 3.8) is 0 Å². The Bertz CT molecular complexity index is 3380. The lowest BCUT2D eigenvalue weighted by atomic mass is 9.83. The van der Waals surface area contributed by atoms with Crippen molar-refractivity contribution in [3.05, 3.63) is 154 Å². The summed E-state index contributed by atoms with van der Waals surface area (Å²) < 4.78 is 42.1. The third kappa shape index (κ3) is 15.8. The van der Waals surface area contributed by atoms with E-state index in [1.807, 2.05) is 61.7 Å². The molecule has 6 aromatic rings. The van der Waals surface area contributed by atoms with Crippen LogP contribution in [0.25, 0.3) is 11.5 Å². The Morgan fingerprint density at radius 1 is 0.860 bits per heavy atom. The van der Waals surface area contributed by atoms with Crippen LogP contribution < -0.4 is 26.0 Å². The third-order valence-electron chi connectivity index (χ3n) is 15.6. The number of nitrogens with zero attached hydrogens (tertiary/aromatic N) is 8. The predicted molar refractivity (Wildman–Crippen MR) is 319 cm³/mol. The van der Waals surface area contributed by atoms with Gasteiger partial charge < -0.3 is 49.9 Å². The van der Waals surface area contributed by atoms with Gasteiger partial charge in [0.05, 0.1) is 31.7 Å². The highest BCUT2D eigenvalue weighted by atomic mass is 19.1. The molecule has 1 unspecified atom stereocenters. The molecule has 2 aromatic heterocycles. The van der Waals surface area contributed by atoms with Crippen LogP contribution in [0.1, 0.15) is 124 Å². The van der Waals surface area contributed by atoms with Crippen molar-refractivity contribution in [2.45, 2.75) is 142 Å². The third-order valence-corrected chi connectivity index (χ3v) is 15.6. The molecule has 4 atom stereocenters. The molecule has 4 N–H and O–H groups in total. The van der Waals surface area contributed by atoms with Crippen LogP contribution in [0.3, 0.4) is 0 Å². The average Bonchev–Trinajstić information content (AvgIpc) is 1.86. The van der Waals surface area contributed by atoms with Crippen molar-refractivity contribution < 1.29 is 47.0 Å². The van der Waals surface area contributed by atoms with Gasteiger partial charge in [-0.3, -0.25) is 24.1 Å². The number of rotatable bonds is 23. The number of carbonyl (C=O) groups excluding carboxylic acids is 6. The number of anilines is 1. The van der Waals surface area contributed by atoms with Gasteiger partial charge in [0.2, 0.25) is 17.7 Å². The Morgan fingerprint density at radius 3 is 2.34 bits per heavy atom. The molecule has 20 nitrogen and oxygen atoms in total. The van der Waals surface area contributed by atoms with Crippen LogP contribution in [0, 0.1) is 17.0 Å². The smallest absolute Gasteiger partial charge is 0.410 e. The predicted octanol–water partition coefficient (Wildman–Crippen LogP) is 8.15. The zero-order valence-electron chi connectivity index (χ0n) is 50.4. The van der Waals surface area contributed by atoms with Crippen molar-refractivity contribution in [1.82, 2.24) is 55.4 Å². The Hall–Kier alpha value is -8.66. The Kier molecular flexibility index (Phi) is 20.3. The number of likely N-dealkylation sites (N-methyl/N-ethyl adjacent to an activating group) is 1. The molecule has 22 heteroatoms. The zero-order valence-corrected chi connectivity index (χ0v) is 50.4. The molecule has 5 amide bonds. The highest BCUT2D eigenvalue weighted by molar-refractivity contribution is 5.95. The molecule has 8 rings (SSSR count). The minimum absolute atomic E-state index is 0.0634. The molecule has 1 aliphatic heterocycles. The van der Waals surface area contributed by atoms with Crippen LogP contribution in [0.2, 0.25) is 0 Å². The van der Waals surface area contributed by atoms with E-state index < -0.39 is 52.3 Å². The van der Waals surface area contributed by atoms with E-state index in [9.17, 15) is 32.8 Å². The number of aromatic nitrogens is 5. The van der Waals surface area contributed by atoms with Gasteiger partial charge in [-0.05, 0) is 130 Å². The second-order valence-electron chi connectivity index (χ2n) is 24.2. The Balaban J connectivity index is 0.908. The molecule has 0 bridgehead atoms. The van der Waals surface area contributed by atoms with Gasteiger partial charge in [-0.15, -0.1) is 10.2 Å². The lowest BCUT2D eigenvalue weighted by Crippen LogP contribution is -2.63. The van der Waals surface area contributed by atoms with Crippen LogP contribution >= 0.6 is 0 Å². The van der Waals surface area contributed by atoms with E-state index >= 15 is 4.79 Å². The molecule has 0 spiro atoms. The fourth-order valence-electron chi connectivity index (χ4n) is 10.6. The van der Waals surface area contributed by atoms with Gasteiger partial charge in [0.25, 0.3) is 5.91 Å². The van der Waals surface area contributed by atoms with E-state index in [0.717, 1.165) is 48.1 Å². The molecule has 2 aliphatic rings. The molecule has 0 saturated carbocycles. The summed E-state index contributed by atoms with van der Waals surface area (Å²) in [6, 6.07) is 23.6. The van der Waals surface area contributed by atoms with Gasteiger partial charge in [0.15, 0.2) is 11.6 Å². The normalized spacial score (nSPS) is 15.9. The van der Waals surface area contributed by atoms with Crippen LogP contribution in [-0.2, 0) is 62.9 Å². The lowest BCUT2D eigenvalue weighted by Gasteiger charge is -2.43. The number of benzene rings is 4. The number of hydrogen-bond acceptors (Lipinski definition) is 14. The standard InChI is InChI=1S/C64H78F2N12O8/c1-62(2,3)56(70-38-64(7,39-79)76(9)61(84)86-63(4,5)6)60(83)78-37-44-33-46(25-24-42(44)34-53(78)59(82)72-51-23-13-17-41-16-10-11-20-47(41)51)85-31-27-55(80)75(8)29-15-30-77-54(73-74-57(77)52-26-28-67-40-71-52)36-68-45-19-12-18-43(32-45)58(81)69-35-48-49(65)21-14-22-50(48)66/h10-12,14,16,18-22,24-26,28,32-33,39-40,51,53,56,68,70H,13,15,17,23,27,29-31,34-38H2,1-9H3,(H,69,81)(H,72,82)/t51-,53?,56-,64-/m1/s1. The summed E-state index contributed by atoms with van der Waals surface area (Å²) in [5, 5.41) is 21.4. The summed E-state index contributed by atoms with van der Waals surface area (Å²) in [5.41, 5.74) is 2.14. The average molecular weight is 1180 g/mol. The maximum atomic E-state index is 15.2. The summed E-state index contributed by atoms with van der Waals surface area (Å²) in [6.07, 6.45) is 6.38. The number of hydrogen-bond donors (Lipinski definition) is 4. The number of aryl methyl sites for hydroxylation is 1. The highest BCUT2D eigenvalue weighted by Crippen LogP contribution is 2.34. The number of nitrogens with one attached hydrogen (secondary N) is 4. The van der Waals surface area contributed by atoms with E-state index in [-0.39, 0.29) is 80.5 Å². The van der Waals surface area contributed by atoms with Crippen molar-refractivity contribution >= 4 is 41.7 Å². The number of aldehydes is 1. The summed E-state index contributed by atoms with van der Waals surface area (Å²) in [4.78, 5) is 95.4. The SMILES string of the molecule is CN(CCCn1c(CNc2cccc(C(=O)NCc3c(F)cccc3F)c2)nnc1-c1ccncn1)C(=O)CCOc1ccc2c(c1)CN(C(=O)[C@@H](NC[C@](C)(C=O)N(C)C(=O)OC(C)(C)C)C(C)(C)C)C(C(=O)N[C@@H]1CCCc3ccccc31)C2. The minimum atomic E-state index is -1.40. The number of halogens is 2. The van der Waals surface area contributed by atoms with E-state index in [1.54, 1.807) is 81.1 Å². The number of carbonyl (C=O) groups is 6. The number of amides is 5. The molecule has 4 aromatic carbocycles. The van der Waals surface area contributed by atoms with Gasteiger partial charge in [0.1, 0.15) is 52.9 Å². The Morgan fingerprint density at radius 2 is 1.62 bits per heavy atom. The fourth-order valence-corrected chi connectivity index (χ4v) is 10.6. The van der Waals surface area contributed by atoms with Gasteiger partial charge in [-0.1, -0.05) is 63.2 Å². The largest absolute Gasteiger partial charge is 0.493 e. The van der Waals surface area contributed by atoms with Gasteiger partial charge in [-0.2, -0.15) is 0 Å². The topological polar surface area (TPSA) is 235 Å².